The van der Waals surface area contributed by atoms with Crippen molar-refractivity contribution in [2.75, 3.05) is 46.6 Å². The van der Waals surface area contributed by atoms with Crippen molar-refractivity contribution < 1.29 is 24.1 Å². The summed E-state index contributed by atoms with van der Waals surface area (Å²) < 4.78 is 18.0. The largest absolute Gasteiger partial charge is 0.494 e. The van der Waals surface area contributed by atoms with E-state index >= 15 is 0 Å². The van der Waals surface area contributed by atoms with Crippen molar-refractivity contribution in [3.8, 4) is 11.5 Å². The second-order valence-corrected chi connectivity index (χ2v) is 18.8. The Balaban J connectivity index is 0.00000146. The minimum Gasteiger partial charge on any atom is -0.494 e. The second kappa shape index (κ2) is 27.3. The zero-order chi connectivity index (χ0) is 42.8. The molecule has 0 atom stereocenters. The molecular formula is C52H71NO5P+. The molecule has 0 radical (unpaired) electrons. The number of carbonyl (C=O) groups is 1. The van der Waals surface area contributed by atoms with Gasteiger partial charge in [0, 0.05) is 13.5 Å². The fourth-order valence-electron chi connectivity index (χ4n) is 7.02. The molecule has 0 aliphatic heterocycles. The third kappa shape index (κ3) is 17.0. The molecule has 6 nitrogen and oxygen atoms in total. The minimum absolute atomic E-state index is 0.202. The molecule has 0 amide bonds. The predicted octanol–water partition coefficient (Wildman–Crippen LogP) is 11.3. The summed E-state index contributed by atoms with van der Waals surface area (Å²) in [5.74, 6) is 1.01. The third-order valence-electron chi connectivity index (χ3n) is 10.3. The SMILES string of the molecule is CC.CC(=O)O.CCCCCC(C)(C)c1ccc(OCCOCCN(C)CCCCOc2ccc(C[P+](c3ccccc3)(c3ccccc3)c3ccccc3)cc2)cc1. The minimum atomic E-state index is -1.93. The second-order valence-electron chi connectivity index (χ2n) is 15.3. The maximum atomic E-state index is 9.00. The van der Waals surface area contributed by atoms with E-state index in [1.807, 2.05) is 13.8 Å². The van der Waals surface area contributed by atoms with Crippen LogP contribution in [0.4, 0.5) is 0 Å². The number of benzene rings is 5. The van der Waals surface area contributed by atoms with Crippen LogP contribution in [0.1, 0.15) is 91.2 Å². The first-order valence-electron chi connectivity index (χ1n) is 21.6. The molecule has 0 saturated heterocycles. The molecule has 318 valence electrons. The molecule has 0 heterocycles. The molecule has 0 aromatic heterocycles. The molecule has 1 N–H and O–H groups in total. The molecule has 5 aromatic carbocycles. The fourth-order valence-corrected chi connectivity index (χ4v) is 11.3. The van der Waals surface area contributed by atoms with Crippen LogP contribution < -0.4 is 25.4 Å². The Kier molecular flexibility index (Phi) is 22.6. The van der Waals surface area contributed by atoms with Crippen LogP contribution in [0.25, 0.3) is 0 Å². The average molecular weight is 821 g/mol. The third-order valence-corrected chi connectivity index (χ3v) is 14.7. The van der Waals surface area contributed by atoms with Crippen molar-refractivity contribution in [1.29, 1.82) is 0 Å². The maximum absolute atomic E-state index is 9.00. The van der Waals surface area contributed by atoms with Crippen LogP contribution in [0, 0.1) is 0 Å². The standard InChI is InChI=1S/C48H61NO3P.C2H4O2.C2H6/c1-5-6-16-33-48(2,3)42-27-31-44(32-28-42)52-39-38-50-37-35-49(4)34-17-18-36-51-43-29-25-41(26-30-43)40-53(45-19-10-7-11-20-45,46-21-12-8-13-22-46)47-23-14-9-15-24-47;1-2(3)4;1-2/h7-15,19-32H,5-6,16-18,33-40H2,1-4H3;1H3,(H,3,4);1-2H3/q+1;;. The van der Waals surface area contributed by atoms with E-state index in [2.05, 4.69) is 172 Å². The number of unbranched alkanes of at least 4 members (excludes halogenated alkanes) is 3. The Bertz CT molecular complexity index is 1720. The number of carboxylic acids is 1. The van der Waals surface area contributed by atoms with Crippen LogP contribution in [0.3, 0.4) is 0 Å². The van der Waals surface area contributed by atoms with Crippen LogP contribution in [0.5, 0.6) is 11.5 Å². The maximum Gasteiger partial charge on any atom is 0.300 e. The lowest BCUT2D eigenvalue weighted by molar-refractivity contribution is -0.134. The smallest absolute Gasteiger partial charge is 0.300 e. The number of likely N-dealkylation sites (N-methyl/N-ethyl adjacent to an activating group) is 1. The Morgan fingerprint density at radius 1 is 0.610 bits per heavy atom. The number of carboxylic acid groups (broad SMARTS) is 1. The van der Waals surface area contributed by atoms with Gasteiger partial charge in [0.15, 0.2) is 0 Å². The molecular weight excluding hydrogens is 750 g/mol. The van der Waals surface area contributed by atoms with Crippen LogP contribution in [-0.2, 0) is 21.1 Å². The van der Waals surface area contributed by atoms with Crippen LogP contribution in [0.15, 0.2) is 140 Å². The predicted molar refractivity (Wildman–Crippen MR) is 252 cm³/mol. The lowest BCUT2D eigenvalue weighted by Gasteiger charge is -2.28. The van der Waals surface area contributed by atoms with Crippen LogP contribution in [-0.4, -0.2) is 62.5 Å². The van der Waals surface area contributed by atoms with Crippen molar-refractivity contribution >= 4 is 29.1 Å². The number of hydrogen-bond acceptors (Lipinski definition) is 5. The van der Waals surface area contributed by atoms with Crippen molar-refractivity contribution in [2.24, 2.45) is 0 Å². The normalized spacial score (nSPS) is 11.2. The first kappa shape index (κ1) is 48.9. The zero-order valence-corrected chi connectivity index (χ0v) is 37.8. The average Bonchev–Trinajstić information content (AvgIpc) is 3.26. The quantitative estimate of drug-likeness (QED) is 0.0523. The summed E-state index contributed by atoms with van der Waals surface area (Å²) in [6, 6.07) is 50.6. The number of rotatable bonds is 23. The van der Waals surface area contributed by atoms with Gasteiger partial charge in [-0.25, -0.2) is 0 Å². The lowest BCUT2D eigenvalue weighted by Crippen LogP contribution is -2.32. The van der Waals surface area contributed by atoms with E-state index < -0.39 is 13.2 Å². The van der Waals surface area contributed by atoms with Crippen LogP contribution in [0.2, 0.25) is 0 Å². The number of ether oxygens (including phenoxy) is 3. The number of nitrogens with zero attached hydrogens (tertiary/aromatic N) is 1. The van der Waals surface area contributed by atoms with E-state index in [0.29, 0.717) is 26.4 Å². The van der Waals surface area contributed by atoms with Gasteiger partial charge in [0.2, 0.25) is 0 Å². The summed E-state index contributed by atoms with van der Waals surface area (Å²) in [7, 11) is 0.233. The van der Waals surface area contributed by atoms with Gasteiger partial charge in [-0.05, 0) is 110 Å². The molecule has 0 spiro atoms. The van der Waals surface area contributed by atoms with E-state index in [4.69, 9.17) is 24.1 Å². The molecule has 7 heteroatoms. The highest BCUT2D eigenvalue weighted by Crippen LogP contribution is 2.58. The lowest BCUT2D eigenvalue weighted by atomic mass is 9.80. The summed E-state index contributed by atoms with van der Waals surface area (Å²) in [6.07, 6.45) is 8.12. The summed E-state index contributed by atoms with van der Waals surface area (Å²) in [6.45, 7) is 16.5. The van der Waals surface area contributed by atoms with Crippen molar-refractivity contribution in [3.63, 3.8) is 0 Å². The van der Waals surface area contributed by atoms with E-state index in [1.54, 1.807) is 0 Å². The first-order valence-corrected chi connectivity index (χ1v) is 23.6. The molecule has 0 bridgehead atoms. The first-order chi connectivity index (χ1) is 28.6. The molecule has 0 saturated carbocycles. The monoisotopic (exact) mass is 821 g/mol. The molecule has 0 aliphatic carbocycles. The van der Waals surface area contributed by atoms with Crippen molar-refractivity contribution in [3.05, 3.63) is 151 Å². The van der Waals surface area contributed by atoms with Crippen LogP contribution >= 0.6 is 7.26 Å². The molecule has 0 aliphatic rings. The molecule has 5 rings (SSSR count). The van der Waals surface area contributed by atoms with Crippen molar-refractivity contribution in [1.82, 2.24) is 4.90 Å². The van der Waals surface area contributed by atoms with Gasteiger partial charge in [-0.3, -0.25) is 4.79 Å². The van der Waals surface area contributed by atoms with Gasteiger partial charge in [-0.2, -0.15) is 0 Å². The van der Waals surface area contributed by atoms with E-state index in [9.17, 15) is 0 Å². The van der Waals surface area contributed by atoms with Gasteiger partial charge in [0.05, 0.1) is 26.0 Å². The zero-order valence-electron chi connectivity index (χ0n) is 36.9. The summed E-state index contributed by atoms with van der Waals surface area (Å²) in [5.41, 5.74) is 2.91. The summed E-state index contributed by atoms with van der Waals surface area (Å²) in [4.78, 5) is 11.3. The van der Waals surface area contributed by atoms with Gasteiger partial charge in [-0.1, -0.05) is 133 Å². The van der Waals surface area contributed by atoms with E-state index in [0.717, 1.165) is 50.5 Å². The Hall–Kier alpha value is -4.48. The van der Waals surface area contributed by atoms with Gasteiger partial charge in [0.1, 0.15) is 41.3 Å². The Morgan fingerprint density at radius 2 is 1.08 bits per heavy atom. The molecule has 5 aromatic rings. The summed E-state index contributed by atoms with van der Waals surface area (Å²) in [5, 5.41) is 11.6. The Labute approximate surface area is 357 Å². The highest BCUT2D eigenvalue weighted by molar-refractivity contribution is 7.95. The van der Waals surface area contributed by atoms with Crippen molar-refractivity contribution in [2.45, 2.75) is 91.6 Å². The number of aliphatic carboxylic acids is 1. The van der Waals surface area contributed by atoms with Gasteiger partial charge in [-0.15, -0.1) is 0 Å². The van der Waals surface area contributed by atoms with E-state index in [-0.39, 0.29) is 5.41 Å². The highest BCUT2D eigenvalue weighted by Gasteiger charge is 2.45. The molecule has 0 fully saturated rings. The van der Waals surface area contributed by atoms with Gasteiger partial charge in [0.25, 0.3) is 5.97 Å². The topological polar surface area (TPSA) is 68.2 Å². The van der Waals surface area contributed by atoms with Gasteiger partial charge < -0.3 is 24.2 Å². The van der Waals surface area contributed by atoms with E-state index in [1.165, 1.54) is 52.7 Å². The Morgan fingerprint density at radius 3 is 1.58 bits per heavy atom. The van der Waals surface area contributed by atoms with Gasteiger partial charge >= 0.3 is 0 Å². The number of hydrogen-bond donors (Lipinski definition) is 1. The molecule has 0 unspecified atom stereocenters. The summed E-state index contributed by atoms with van der Waals surface area (Å²) >= 11 is 0. The fraction of sp³-hybridized carbons (Fsp3) is 0.404. The molecule has 59 heavy (non-hydrogen) atoms. The highest BCUT2D eigenvalue weighted by atomic mass is 31.2.